The SMILES string of the molecule is CN1CC2=C(C#N)N=C[NH+]2C2=C(CCC=C2)C1=O. The van der Waals surface area contributed by atoms with Gasteiger partial charge in [-0.05, 0) is 18.9 Å². The van der Waals surface area contributed by atoms with Gasteiger partial charge in [-0.2, -0.15) is 10.3 Å². The van der Waals surface area contributed by atoms with Gasteiger partial charge in [0, 0.05) is 7.05 Å². The van der Waals surface area contributed by atoms with Gasteiger partial charge >= 0.3 is 0 Å². The lowest BCUT2D eigenvalue weighted by Gasteiger charge is -2.15. The summed E-state index contributed by atoms with van der Waals surface area (Å²) in [6.07, 6.45) is 7.43. The molecule has 0 radical (unpaired) electrons. The first-order chi connectivity index (χ1) is 8.72. The van der Waals surface area contributed by atoms with Gasteiger partial charge in [-0.3, -0.25) is 4.79 Å². The molecule has 1 aliphatic carbocycles. The fourth-order valence-corrected chi connectivity index (χ4v) is 2.58. The fraction of sp³-hybridized carbons (Fsp3) is 0.308. The lowest BCUT2D eigenvalue weighted by atomic mass is 10.0. The summed E-state index contributed by atoms with van der Waals surface area (Å²) in [6.45, 7) is 0.456. The van der Waals surface area contributed by atoms with E-state index in [1.54, 1.807) is 18.3 Å². The summed E-state index contributed by atoms with van der Waals surface area (Å²) in [5.74, 6) is 0.0643. The van der Waals surface area contributed by atoms with Gasteiger partial charge in [0.2, 0.25) is 5.70 Å². The number of nitrogens with one attached hydrogen (secondary N) is 1. The molecule has 0 aromatic heterocycles. The Morgan fingerprint density at radius 2 is 2.39 bits per heavy atom. The molecule has 5 nitrogen and oxygen atoms in total. The highest BCUT2D eigenvalue weighted by molar-refractivity contribution is 5.95. The quantitative estimate of drug-likeness (QED) is 0.634. The van der Waals surface area contributed by atoms with E-state index in [9.17, 15) is 4.79 Å². The van der Waals surface area contributed by atoms with Crippen molar-refractivity contribution in [3.8, 4) is 6.07 Å². The number of carbonyl (C=O) groups excluding carboxylic acids is 1. The number of rotatable bonds is 0. The molecule has 90 valence electrons. The van der Waals surface area contributed by atoms with Crippen molar-refractivity contribution in [2.24, 2.45) is 4.99 Å². The zero-order chi connectivity index (χ0) is 12.7. The maximum Gasteiger partial charge on any atom is 0.256 e. The molecule has 3 rings (SSSR count). The average molecular weight is 241 g/mol. The molecule has 0 fully saturated rings. The van der Waals surface area contributed by atoms with E-state index in [-0.39, 0.29) is 5.91 Å². The maximum atomic E-state index is 12.3. The molecule has 0 bridgehead atoms. The van der Waals surface area contributed by atoms with Crippen LogP contribution in [-0.4, -0.2) is 30.7 Å². The third-order valence-electron chi connectivity index (χ3n) is 3.50. The molecule has 2 heterocycles. The third kappa shape index (κ3) is 1.43. The molecule has 1 amide bonds. The van der Waals surface area contributed by atoms with Gasteiger partial charge in [-0.25, -0.2) is 4.90 Å². The fourth-order valence-electron chi connectivity index (χ4n) is 2.58. The minimum absolute atomic E-state index is 0.0643. The van der Waals surface area contributed by atoms with E-state index in [0.29, 0.717) is 12.2 Å². The third-order valence-corrected chi connectivity index (χ3v) is 3.50. The van der Waals surface area contributed by atoms with Crippen LogP contribution in [0.3, 0.4) is 0 Å². The highest BCUT2D eigenvalue weighted by Crippen LogP contribution is 2.22. The van der Waals surface area contributed by atoms with Gasteiger partial charge in [0.25, 0.3) is 5.91 Å². The van der Waals surface area contributed by atoms with Crippen LogP contribution in [0.5, 0.6) is 0 Å². The van der Waals surface area contributed by atoms with E-state index in [1.807, 2.05) is 6.08 Å². The van der Waals surface area contributed by atoms with Gasteiger partial charge in [0.1, 0.15) is 11.8 Å². The summed E-state index contributed by atoms with van der Waals surface area (Å²) in [6, 6.07) is 2.10. The van der Waals surface area contributed by atoms with E-state index >= 15 is 0 Å². The largest absolute Gasteiger partial charge is 0.332 e. The first kappa shape index (κ1) is 10.9. The monoisotopic (exact) mass is 241 g/mol. The Balaban J connectivity index is 2.18. The molecule has 2 aliphatic heterocycles. The molecule has 0 saturated heterocycles. The summed E-state index contributed by atoms with van der Waals surface area (Å²) < 4.78 is 0. The molecule has 18 heavy (non-hydrogen) atoms. The van der Waals surface area contributed by atoms with Crippen LogP contribution in [0.25, 0.3) is 0 Å². The van der Waals surface area contributed by atoms with E-state index in [1.165, 1.54) is 0 Å². The van der Waals surface area contributed by atoms with Crippen LogP contribution in [0.4, 0.5) is 0 Å². The zero-order valence-electron chi connectivity index (χ0n) is 10.1. The number of nitriles is 1. The van der Waals surface area contributed by atoms with Gasteiger partial charge in [0.05, 0.1) is 12.1 Å². The molecule has 0 aromatic carbocycles. The number of nitrogens with zero attached hydrogens (tertiary/aromatic N) is 3. The van der Waals surface area contributed by atoms with Crippen LogP contribution in [0.15, 0.2) is 39.8 Å². The van der Waals surface area contributed by atoms with E-state index in [0.717, 1.165) is 34.7 Å². The zero-order valence-corrected chi connectivity index (χ0v) is 10.1. The van der Waals surface area contributed by atoms with Crippen molar-refractivity contribution in [3.05, 3.63) is 34.8 Å². The Labute approximate surface area is 105 Å². The van der Waals surface area contributed by atoms with Crippen LogP contribution in [0, 0.1) is 11.3 Å². The highest BCUT2D eigenvalue weighted by atomic mass is 16.2. The number of amides is 1. The van der Waals surface area contributed by atoms with Crippen LogP contribution in [-0.2, 0) is 4.79 Å². The van der Waals surface area contributed by atoms with Crippen molar-refractivity contribution < 1.29 is 9.69 Å². The minimum Gasteiger partial charge on any atom is -0.332 e. The average Bonchev–Trinajstić information content (AvgIpc) is 2.76. The number of aliphatic imine (C=N–C) groups is 1. The molecule has 1 N–H and O–H groups in total. The predicted molar refractivity (Wildman–Crippen MR) is 65.1 cm³/mol. The second kappa shape index (κ2) is 3.93. The normalized spacial score (nSPS) is 26.1. The number of hydrogen-bond acceptors (Lipinski definition) is 3. The number of allylic oxidation sites excluding steroid dienone is 3. The Bertz CT molecular complexity index is 589. The summed E-state index contributed by atoms with van der Waals surface area (Å²) in [5.41, 5.74) is 3.08. The van der Waals surface area contributed by atoms with Gasteiger partial charge in [-0.15, -0.1) is 0 Å². The van der Waals surface area contributed by atoms with Crippen molar-refractivity contribution in [2.75, 3.05) is 13.6 Å². The Hall–Kier alpha value is -2.19. The van der Waals surface area contributed by atoms with Crippen molar-refractivity contribution in [2.45, 2.75) is 12.8 Å². The van der Waals surface area contributed by atoms with Crippen molar-refractivity contribution >= 4 is 12.2 Å². The van der Waals surface area contributed by atoms with E-state index in [2.05, 4.69) is 17.1 Å². The van der Waals surface area contributed by atoms with Crippen LogP contribution < -0.4 is 4.90 Å². The van der Waals surface area contributed by atoms with Crippen molar-refractivity contribution in [1.82, 2.24) is 4.90 Å². The van der Waals surface area contributed by atoms with Gasteiger partial charge in [-0.1, -0.05) is 6.08 Å². The number of hydrogen-bond donors (Lipinski definition) is 1. The number of fused-ring (bicyclic) bond motifs is 2. The minimum atomic E-state index is 0.0643. The predicted octanol–water partition coefficient (Wildman–Crippen LogP) is -0.276. The van der Waals surface area contributed by atoms with Crippen LogP contribution in [0.2, 0.25) is 0 Å². The molecule has 3 aliphatic rings. The summed E-state index contributed by atoms with van der Waals surface area (Å²) in [5, 5.41) is 9.07. The standard InChI is InChI=1S/C13H12N4O/c1-16-7-12-10(6-14)15-8-17(12)11-5-3-2-4-9(11)13(16)18/h3,5,8H,2,4,7H2,1H3/p+1. The molecule has 1 atom stereocenters. The van der Waals surface area contributed by atoms with Crippen LogP contribution in [0.1, 0.15) is 12.8 Å². The second-order valence-corrected chi connectivity index (χ2v) is 4.61. The molecular formula is C13H13N4O+. The smallest absolute Gasteiger partial charge is 0.256 e. The Morgan fingerprint density at radius 1 is 1.56 bits per heavy atom. The maximum absolute atomic E-state index is 12.3. The molecule has 0 saturated carbocycles. The topological polar surface area (TPSA) is 60.9 Å². The first-order valence-corrected chi connectivity index (χ1v) is 5.92. The molecule has 0 aromatic rings. The Kier molecular flexibility index (Phi) is 2.39. The van der Waals surface area contributed by atoms with Gasteiger partial charge in [0.15, 0.2) is 12.0 Å². The molecule has 5 heteroatoms. The van der Waals surface area contributed by atoms with Crippen LogP contribution >= 0.6 is 0 Å². The number of quaternary nitrogens is 1. The summed E-state index contributed by atoms with van der Waals surface area (Å²) in [4.78, 5) is 19.0. The van der Waals surface area contributed by atoms with Crippen molar-refractivity contribution in [3.63, 3.8) is 0 Å². The molecule has 0 spiro atoms. The Morgan fingerprint density at radius 3 is 3.17 bits per heavy atom. The first-order valence-electron chi connectivity index (χ1n) is 5.92. The highest BCUT2D eigenvalue weighted by Gasteiger charge is 2.37. The summed E-state index contributed by atoms with van der Waals surface area (Å²) in [7, 11) is 1.77. The lowest BCUT2D eigenvalue weighted by molar-refractivity contribution is -0.703. The van der Waals surface area contributed by atoms with E-state index < -0.39 is 0 Å². The second-order valence-electron chi connectivity index (χ2n) is 4.61. The van der Waals surface area contributed by atoms with Crippen molar-refractivity contribution in [1.29, 1.82) is 5.26 Å². The number of likely N-dealkylation sites (N-methyl/N-ethyl adjacent to an activating group) is 1. The van der Waals surface area contributed by atoms with E-state index in [4.69, 9.17) is 5.26 Å². The number of carbonyl (C=O) groups is 1. The van der Waals surface area contributed by atoms with Gasteiger partial charge < -0.3 is 4.90 Å². The molecule has 1 unspecified atom stereocenters. The molecular weight excluding hydrogens is 228 g/mol. The lowest BCUT2D eigenvalue weighted by Crippen LogP contribution is -3.07. The summed E-state index contributed by atoms with van der Waals surface area (Å²) >= 11 is 0.